The number of nitrogens with two attached hydrogens (primary N) is 1. The van der Waals surface area contributed by atoms with Gasteiger partial charge in [-0.15, -0.1) is 0 Å². The predicted octanol–water partition coefficient (Wildman–Crippen LogP) is 2.03. The molecule has 0 radical (unpaired) electrons. The van der Waals surface area contributed by atoms with E-state index in [1.807, 2.05) is 0 Å². The number of nitrogens with zero attached hydrogens (tertiary/aromatic N) is 4. The first-order valence-corrected chi connectivity index (χ1v) is 9.73. The minimum Gasteiger partial charge on any atom is -0.559 e. The van der Waals surface area contributed by atoms with E-state index in [-0.39, 0.29) is 63.1 Å². The van der Waals surface area contributed by atoms with Gasteiger partial charge in [0.25, 0.3) is 12.9 Å². The molecule has 2 aromatic rings. The first kappa shape index (κ1) is 27.9. The molecule has 1 saturated carbocycles. The fourth-order valence-electron chi connectivity index (χ4n) is 3.29. The Bertz CT molecular complexity index is 961. The van der Waals surface area contributed by atoms with Crippen molar-refractivity contribution in [1.29, 1.82) is 0 Å². The van der Waals surface area contributed by atoms with Crippen LogP contribution in [0.15, 0.2) is 40.8 Å². The van der Waals surface area contributed by atoms with E-state index in [0.717, 1.165) is 0 Å². The van der Waals surface area contributed by atoms with Crippen molar-refractivity contribution in [3.63, 3.8) is 0 Å². The van der Waals surface area contributed by atoms with Gasteiger partial charge in [-0.1, -0.05) is 11.8 Å². The molecular formula is C19H21F6KN6O. The molecule has 0 aromatic carbocycles. The van der Waals surface area contributed by atoms with Crippen LogP contribution in [-0.2, 0) is 4.84 Å². The van der Waals surface area contributed by atoms with Crippen molar-refractivity contribution in [2.75, 3.05) is 5.32 Å². The van der Waals surface area contributed by atoms with E-state index in [9.17, 15) is 26.3 Å². The van der Waals surface area contributed by atoms with Crippen LogP contribution in [0, 0.1) is 0 Å². The van der Waals surface area contributed by atoms with Gasteiger partial charge in [0, 0.05) is 24.6 Å². The van der Waals surface area contributed by atoms with Crippen LogP contribution in [0.25, 0.3) is 11.1 Å². The van der Waals surface area contributed by atoms with Gasteiger partial charge in [-0.25, -0.2) is 27.5 Å². The number of hydroxylamine groups is 1. The number of hydrogen-bond donors (Lipinski definition) is 2. The van der Waals surface area contributed by atoms with E-state index in [1.54, 1.807) is 22.6 Å². The molecule has 0 unspecified atom stereocenters. The Kier molecular flexibility index (Phi) is 11.0. The van der Waals surface area contributed by atoms with Crippen LogP contribution in [0.1, 0.15) is 37.8 Å². The summed E-state index contributed by atoms with van der Waals surface area (Å²) in [6.45, 7) is -3.09. The van der Waals surface area contributed by atoms with Crippen LogP contribution in [0.2, 0.25) is 0 Å². The standard InChI is InChI=1S/C19H21F6N6O.K/c20-17(21)13-9-31-14(2-1-3-15(31)29-13)28-10-4-6-11(7-5-10)32-30-12(8-27-19(24)25)16(26)18(22)23;/h1-3,8-11,17-19,28H,4-7,26H2;/q-1;+1/b16-12-,27-8+;. The summed E-state index contributed by atoms with van der Waals surface area (Å²) >= 11 is 0. The third kappa shape index (κ3) is 7.85. The zero-order chi connectivity index (χ0) is 23.3. The Hall–Kier alpha value is -1.32. The molecule has 0 atom stereocenters. The third-order valence-electron chi connectivity index (χ3n) is 4.90. The van der Waals surface area contributed by atoms with E-state index in [1.165, 1.54) is 6.20 Å². The largest absolute Gasteiger partial charge is 1.00 e. The summed E-state index contributed by atoms with van der Waals surface area (Å²) in [4.78, 5) is 11.8. The minimum atomic E-state index is -3.10. The first-order chi connectivity index (χ1) is 15.2. The molecular weight excluding hydrogens is 481 g/mol. The van der Waals surface area contributed by atoms with Gasteiger partial charge in [0.05, 0.1) is 5.70 Å². The number of rotatable bonds is 9. The number of hydrogen-bond acceptors (Lipinski definition) is 5. The molecule has 33 heavy (non-hydrogen) atoms. The van der Waals surface area contributed by atoms with Gasteiger partial charge in [0.1, 0.15) is 17.2 Å². The van der Waals surface area contributed by atoms with Crippen molar-refractivity contribution in [3.8, 4) is 0 Å². The van der Waals surface area contributed by atoms with Gasteiger partial charge in [-0.3, -0.25) is 4.40 Å². The summed E-state index contributed by atoms with van der Waals surface area (Å²) in [5.74, 6) is 0.606. The molecule has 0 saturated heterocycles. The zero-order valence-electron chi connectivity index (χ0n) is 17.6. The van der Waals surface area contributed by atoms with Crippen molar-refractivity contribution in [1.82, 2.24) is 9.38 Å². The minimum absolute atomic E-state index is 0. The second-order valence-electron chi connectivity index (χ2n) is 7.12. The fraction of sp³-hybridized carbons (Fsp3) is 0.474. The maximum absolute atomic E-state index is 12.9. The maximum Gasteiger partial charge on any atom is 1.00 e. The van der Waals surface area contributed by atoms with Crippen molar-refractivity contribution < 1.29 is 82.6 Å². The average Bonchev–Trinajstić information content (AvgIpc) is 3.20. The Balaban J connectivity index is 0.00000385. The molecule has 2 heterocycles. The molecule has 7 nitrogen and oxygen atoms in total. The molecule has 2 aromatic heterocycles. The smallest absolute Gasteiger partial charge is 0.559 e. The van der Waals surface area contributed by atoms with Crippen LogP contribution in [0.3, 0.4) is 0 Å². The molecule has 14 heteroatoms. The molecule has 1 aliphatic rings. The molecule has 176 valence electrons. The number of anilines is 1. The Morgan fingerprint density at radius 1 is 1.18 bits per heavy atom. The summed E-state index contributed by atoms with van der Waals surface area (Å²) in [7, 11) is 0. The topological polar surface area (TPSA) is 91.0 Å². The number of halogens is 6. The SMILES string of the molecule is N/C(=C(/C=N/C(F)F)[N-]OC1CCC(Nc2cccc3nc(C(F)F)cn23)CC1)C(F)F.[K+]. The van der Waals surface area contributed by atoms with Crippen LogP contribution >= 0.6 is 0 Å². The number of pyridine rings is 1. The summed E-state index contributed by atoms with van der Waals surface area (Å²) in [5, 5.41) is 3.29. The molecule has 3 N–H and O–H groups in total. The van der Waals surface area contributed by atoms with Crippen LogP contribution in [0.4, 0.5) is 32.2 Å². The average molecular weight is 503 g/mol. The number of nitrogens with one attached hydrogen (secondary N) is 1. The van der Waals surface area contributed by atoms with Gasteiger partial charge in [0.2, 0.25) is 0 Å². The van der Waals surface area contributed by atoms with Crippen LogP contribution in [0.5, 0.6) is 0 Å². The number of aromatic nitrogens is 2. The third-order valence-corrected chi connectivity index (χ3v) is 4.90. The Labute approximate surface area is 228 Å². The quantitative estimate of drug-likeness (QED) is 0.181. The van der Waals surface area contributed by atoms with Crippen molar-refractivity contribution >= 4 is 17.7 Å². The number of fused-ring (bicyclic) bond motifs is 1. The van der Waals surface area contributed by atoms with Crippen molar-refractivity contribution in [2.45, 2.75) is 57.2 Å². The summed E-state index contributed by atoms with van der Waals surface area (Å²) in [5.41, 5.74) is 7.10. The molecule has 1 aliphatic carbocycles. The Morgan fingerprint density at radius 2 is 1.88 bits per heavy atom. The maximum atomic E-state index is 12.9. The summed E-state index contributed by atoms with van der Waals surface area (Å²) < 4.78 is 77.4. The van der Waals surface area contributed by atoms with Gasteiger partial charge in [-0.2, -0.15) is 8.78 Å². The Morgan fingerprint density at radius 3 is 2.48 bits per heavy atom. The van der Waals surface area contributed by atoms with Crippen LogP contribution < -0.4 is 62.4 Å². The predicted molar refractivity (Wildman–Crippen MR) is 106 cm³/mol. The van der Waals surface area contributed by atoms with Gasteiger partial charge in [-0.05, 0) is 37.8 Å². The molecule has 0 aliphatic heterocycles. The van der Waals surface area contributed by atoms with Crippen molar-refractivity contribution in [2.24, 2.45) is 10.7 Å². The van der Waals surface area contributed by atoms with Gasteiger partial charge in [0.15, 0.2) is 0 Å². The second-order valence-corrected chi connectivity index (χ2v) is 7.12. The van der Waals surface area contributed by atoms with E-state index < -0.39 is 36.9 Å². The first-order valence-electron chi connectivity index (χ1n) is 9.73. The monoisotopic (exact) mass is 502 g/mol. The van der Waals surface area contributed by atoms with E-state index >= 15 is 0 Å². The molecule has 0 spiro atoms. The van der Waals surface area contributed by atoms with Gasteiger partial charge < -0.3 is 21.4 Å². The number of aliphatic imine (C=N–C) groups is 1. The van der Waals surface area contributed by atoms with Gasteiger partial charge >= 0.3 is 57.9 Å². The molecule has 3 rings (SSSR count). The summed E-state index contributed by atoms with van der Waals surface area (Å²) in [6, 6.07) is 5.07. The molecule has 0 bridgehead atoms. The normalized spacial score (nSPS) is 19.9. The van der Waals surface area contributed by atoms with E-state index in [4.69, 9.17) is 10.6 Å². The summed E-state index contributed by atoms with van der Waals surface area (Å²) in [6.07, 6.45) is -2.25. The molecule has 0 amide bonds. The zero-order valence-corrected chi connectivity index (χ0v) is 20.8. The number of allylic oxidation sites excluding steroid dienone is 2. The van der Waals surface area contributed by atoms with E-state index in [0.29, 0.717) is 43.4 Å². The fourth-order valence-corrected chi connectivity index (χ4v) is 3.29. The van der Waals surface area contributed by atoms with Crippen molar-refractivity contribution in [3.05, 3.63) is 47.0 Å². The molecule has 1 fully saturated rings. The van der Waals surface area contributed by atoms with Crippen LogP contribution in [-0.4, -0.2) is 40.7 Å². The number of alkyl halides is 6. The van der Waals surface area contributed by atoms with E-state index in [2.05, 4.69) is 20.8 Å². The number of imidazole rings is 1. The second kappa shape index (κ2) is 12.9.